The van der Waals surface area contributed by atoms with Crippen LogP contribution < -0.4 is 5.32 Å². The summed E-state index contributed by atoms with van der Waals surface area (Å²) in [5.74, 6) is 0.723. The molecule has 0 saturated carbocycles. The number of carbonyl (C=O) groups is 1. The zero-order valence-electron chi connectivity index (χ0n) is 15.3. The zero-order chi connectivity index (χ0) is 18.7. The Kier molecular flexibility index (Phi) is 5.47. The van der Waals surface area contributed by atoms with Crippen LogP contribution in [0, 0.1) is 0 Å². The summed E-state index contributed by atoms with van der Waals surface area (Å²) in [5.41, 5.74) is 2.36. The molecule has 0 bridgehead atoms. The van der Waals surface area contributed by atoms with E-state index in [0.29, 0.717) is 22.9 Å². The number of carbonyl (C=O) groups excluding carboxylic acids is 1. The van der Waals surface area contributed by atoms with Gasteiger partial charge in [-0.15, -0.1) is 0 Å². The van der Waals surface area contributed by atoms with Crippen LogP contribution in [0.2, 0.25) is 5.02 Å². The molecule has 5 nitrogen and oxygen atoms in total. The van der Waals surface area contributed by atoms with Gasteiger partial charge in [-0.1, -0.05) is 24.6 Å². The molecule has 2 aromatic heterocycles. The van der Waals surface area contributed by atoms with Gasteiger partial charge in [0, 0.05) is 48.6 Å². The smallest absolute Gasteiger partial charge is 0.257 e. The fraction of sp³-hybridized carbons (Fsp3) is 0.300. The number of hydrogen-bond acceptors (Lipinski definition) is 3. The van der Waals surface area contributed by atoms with Gasteiger partial charge in [0.1, 0.15) is 5.82 Å². The number of anilines is 2. The van der Waals surface area contributed by atoms with E-state index in [4.69, 9.17) is 11.6 Å². The molecule has 0 saturated heterocycles. The van der Waals surface area contributed by atoms with Crippen molar-refractivity contribution in [3.8, 4) is 0 Å². The van der Waals surface area contributed by atoms with Crippen LogP contribution in [0.3, 0.4) is 0 Å². The lowest BCUT2D eigenvalue weighted by Gasteiger charge is -2.21. The Hall–Kier alpha value is -2.53. The van der Waals surface area contributed by atoms with Crippen molar-refractivity contribution in [1.82, 2.24) is 14.5 Å². The Labute approximate surface area is 158 Å². The van der Waals surface area contributed by atoms with Gasteiger partial charge in [-0.3, -0.25) is 4.79 Å². The Morgan fingerprint density at radius 1 is 1.31 bits per heavy atom. The number of benzene rings is 1. The first-order chi connectivity index (χ1) is 12.5. The zero-order valence-corrected chi connectivity index (χ0v) is 16.0. The predicted molar refractivity (Wildman–Crippen MR) is 107 cm³/mol. The molecule has 26 heavy (non-hydrogen) atoms. The first-order valence-corrected chi connectivity index (χ1v) is 9.18. The van der Waals surface area contributed by atoms with Crippen LogP contribution in [-0.4, -0.2) is 33.4 Å². The molecule has 0 radical (unpaired) electrons. The topological polar surface area (TPSA) is 50.2 Å². The molecule has 0 unspecified atom stereocenters. The van der Waals surface area contributed by atoms with Crippen molar-refractivity contribution in [3.05, 3.63) is 53.3 Å². The van der Waals surface area contributed by atoms with Gasteiger partial charge in [-0.05, 0) is 37.6 Å². The van der Waals surface area contributed by atoms with Gasteiger partial charge in [0.2, 0.25) is 0 Å². The molecule has 2 heterocycles. The van der Waals surface area contributed by atoms with Gasteiger partial charge >= 0.3 is 0 Å². The average molecular weight is 371 g/mol. The number of amides is 1. The van der Waals surface area contributed by atoms with E-state index in [1.807, 2.05) is 60.0 Å². The molecule has 0 atom stereocenters. The molecule has 3 aromatic rings. The summed E-state index contributed by atoms with van der Waals surface area (Å²) in [4.78, 5) is 19.4. The minimum absolute atomic E-state index is 0.0166. The first kappa shape index (κ1) is 18.3. The maximum atomic E-state index is 13.0. The van der Waals surface area contributed by atoms with E-state index in [2.05, 4.69) is 17.2 Å². The van der Waals surface area contributed by atoms with Gasteiger partial charge < -0.3 is 14.8 Å². The van der Waals surface area contributed by atoms with Crippen molar-refractivity contribution in [3.63, 3.8) is 0 Å². The SMILES string of the molecule is CCCN(CC)C(=O)c1cnc(Nc2cccc(Cl)c2)c2ccn(C)c12. The number of rotatable bonds is 6. The van der Waals surface area contributed by atoms with E-state index in [0.717, 1.165) is 29.6 Å². The number of aromatic nitrogens is 2. The molecule has 1 amide bonds. The van der Waals surface area contributed by atoms with Crippen molar-refractivity contribution < 1.29 is 4.79 Å². The molecule has 3 rings (SSSR count). The highest BCUT2D eigenvalue weighted by Crippen LogP contribution is 2.29. The van der Waals surface area contributed by atoms with Crippen molar-refractivity contribution in [2.24, 2.45) is 7.05 Å². The van der Waals surface area contributed by atoms with Crippen LogP contribution in [-0.2, 0) is 7.05 Å². The fourth-order valence-corrected chi connectivity index (χ4v) is 3.31. The fourth-order valence-electron chi connectivity index (χ4n) is 3.12. The van der Waals surface area contributed by atoms with Gasteiger partial charge in [0.15, 0.2) is 0 Å². The minimum atomic E-state index is 0.0166. The van der Waals surface area contributed by atoms with E-state index in [1.165, 1.54) is 0 Å². The van der Waals surface area contributed by atoms with Gasteiger partial charge in [-0.25, -0.2) is 4.98 Å². The highest BCUT2D eigenvalue weighted by molar-refractivity contribution is 6.30. The summed E-state index contributed by atoms with van der Waals surface area (Å²) < 4.78 is 1.97. The summed E-state index contributed by atoms with van der Waals surface area (Å²) >= 11 is 6.07. The Morgan fingerprint density at radius 3 is 2.81 bits per heavy atom. The summed E-state index contributed by atoms with van der Waals surface area (Å²) in [6.07, 6.45) is 4.54. The lowest BCUT2D eigenvalue weighted by atomic mass is 10.1. The van der Waals surface area contributed by atoms with Gasteiger partial charge in [0.25, 0.3) is 5.91 Å². The molecule has 0 aliphatic heterocycles. The van der Waals surface area contributed by atoms with E-state index in [-0.39, 0.29) is 5.91 Å². The standard InChI is InChI=1S/C20H23ClN4O/c1-4-10-25(5-2)20(26)17-13-22-19(16-9-11-24(3)18(16)17)23-15-8-6-7-14(21)12-15/h6-9,11-13H,4-5,10H2,1-3H3,(H,22,23). The Morgan fingerprint density at radius 2 is 2.12 bits per heavy atom. The number of nitrogens with zero attached hydrogens (tertiary/aromatic N) is 3. The third-order valence-electron chi connectivity index (χ3n) is 4.39. The van der Waals surface area contributed by atoms with E-state index < -0.39 is 0 Å². The maximum Gasteiger partial charge on any atom is 0.257 e. The second-order valence-electron chi connectivity index (χ2n) is 6.23. The first-order valence-electron chi connectivity index (χ1n) is 8.81. The normalized spacial score (nSPS) is 10.9. The largest absolute Gasteiger partial charge is 0.350 e. The molecule has 6 heteroatoms. The van der Waals surface area contributed by atoms with Crippen molar-refractivity contribution >= 4 is 39.9 Å². The van der Waals surface area contributed by atoms with E-state index in [9.17, 15) is 4.79 Å². The molecular formula is C20H23ClN4O. The highest BCUT2D eigenvalue weighted by atomic mass is 35.5. The Bertz CT molecular complexity index is 935. The summed E-state index contributed by atoms with van der Waals surface area (Å²) in [6.45, 7) is 5.49. The molecule has 0 spiro atoms. The van der Waals surface area contributed by atoms with Crippen LogP contribution in [0.1, 0.15) is 30.6 Å². The van der Waals surface area contributed by atoms with Crippen LogP contribution in [0.25, 0.3) is 10.9 Å². The third-order valence-corrected chi connectivity index (χ3v) is 4.62. The summed E-state index contributed by atoms with van der Waals surface area (Å²) in [5, 5.41) is 4.87. The minimum Gasteiger partial charge on any atom is -0.350 e. The van der Waals surface area contributed by atoms with E-state index in [1.54, 1.807) is 6.20 Å². The Balaban J connectivity index is 2.03. The molecule has 0 aliphatic carbocycles. The van der Waals surface area contributed by atoms with Crippen LogP contribution in [0.5, 0.6) is 0 Å². The van der Waals surface area contributed by atoms with Crippen molar-refractivity contribution in [2.45, 2.75) is 20.3 Å². The van der Waals surface area contributed by atoms with Crippen molar-refractivity contribution in [1.29, 1.82) is 0 Å². The quantitative estimate of drug-likeness (QED) is 0.675. The second-order valence-corrected chi connectivity index (χ2v) is 6.67. The van der Waals surface area contributed by atoms with E-state index >= 15 is 0 Å². The molecular weight excluding hydrogens is 348 g/mol. The number of halogens is 1. The maximum absolute atomic E-state index is 13.0. The molecule has 1 aromatic carbocycles. The summed E-state index contributed by atoms with van der Waals surface area (Å²) in [7, 11) is 1.94. The monoisotopic (exact) mass is 370 g/mol. The third kappa shape index (κ3) is 3.53. The molecule has 0 fully saturated rings. The summed E-state index contributed by atoms with van der Waals surface area (Å²) in [6, 6.07) is 9.46. The molecule has 0 aliphatic rings. The number of hydrogen-bond donors (Lipinski definition) is 1. The van der Waals surface area contributed by atoms with Gasteiger partial charge in [-0.2, -0.15) is 0 Å². The van der Waals surface area contributed by atoms with Crippen LogP contribution in [0.4, 0.5) is 11.5 Å². The molecule has 136 valence electrons. The van der Waals surface area contributed by atoms with Gasteiger partial charge in [0.05, 0.1) is 11.1 Å². The second kappa shape index (κ2) is 7.79. The highest BCUT2D eigenvalue weighted by Gasteiger charge is 2.20. The number of aryl methyl sites for hydroxylation is 1. The van der Waals surface area contributed by atoms with Crippen LogP contribution >= 0.6 is 11.6 Å². The molecule has 1 N–H and O–H groups in total. The number of pyridine rings is 1. The van der Waals surface area contributed by atoms with Crippen molar-refractivity contribution in [2.75, 3.05) is 18.4 Å². The number of nitrogens with one attached hydrogen (secondary N) is 1. The number of fused-ring (bicyclic) bond motifs is 1. The lowest BCUT2D eigenvalue weighted by molar-refractivity contribution is 0.0765. The van der Waals surface area contributed by atoms with Crippen LogP contribution in [0.15, 0.2) is 42.7 Å². The average Bonchev–Trinajstić information content (AvgIpc) is 3.02. The predicted octanol–water partition coefficient (Wildman–Crippen LogP) is 4.84. The lowest BCUT2D eigenvalue weighted by Crippen LogP contribution is -2.32.